The monoisotopic (exact) mass is 400 g/mol. The first kappa shape index (κ1) is 20.7. The summed E-state index contributed by atoms with van der Waals surface area (Å²) in [4.78, 5) is 22.7. The molecule has 4 heteroatoms. The Morgan fingerprint density at radius 3 is 2.41 bits per heavy atom. The first-order valence-electron chi connectivity index (χ1n) is 11.5. The van der Waals surface area contributed by atoms with Crippen LogP contribution in [0.15, 0.2) is 23.3 Å². The Labute approximate surface area is 174 Å². The van der Waals surface area contributed by atoms with Crippen molar-refractivity contribution in [3.05, 3.63) is 23.3 Å². The van der Waals surface area contributed by atoms with Crippen LogP contribution < -0.4 is 0 Å². The third-order valence-electron chi connectivity index (χ3n) is 9.43. The largest absolute Gasteiger partial charge is 0.481 e. The minimum absolute atomic E-state index is 0.151. The van der Waals surface area contributed by atoms with E-state index in [0.29, 0.717) is 30.1 Å². The van der Waals surface area contributed by atoms with Gasteiger partial charge in [0.15, 0.2) is 0 Å². The number of carboxylic acids is 2. The highest BCUT2D eigenvalue weighted by atomic mass is 16.4. The van der Waals surface area contributed by atoms with E-state index >= 15 is 0 Å². The molecule has 3 fully saturated rings. The summed E-state index contributed by atoms with van der Waals surface area (Å²) in [5.74, 6) is 0.996. The number of hydrogen-bond acceptors (Lipinski definition) is 2. The normalized spacial score (nSPS) is 45.1. The fourth-order valence-electron chi connectivity index (χ4n) is 8.14. The van der Waals surface area contributed by atoms with Crippen LogP contribution in [0.25, 0.3) is 0 Å². The zero-order valence-electron chi connectivity index (χ0n) is 18.1. The van der Waals surface area contributed by atoms with Crippen molar-refractivity contribution in [3.8, 4) is 0 Å². The molecule has 29 heavy (non-hydrogen) atoms. The Bertz CT molecular complexity index is 765. The smallest absolute Gasteiger partial charge is 0.303 e. The summed E-state index contributed by atoms with van der Waals surface area (Å²) < 4.78 is 0. The number of allylic oxidation sites excluding steroid dienone is 4. The van der Waals surface area contributed by atoms with E-state index in [2.05, 4.69) is 32.9 Å². The molecule has 0 heterocycles. The lowest BCUT2D eigenvalue weighted by molar-refractivity contribution is -0.139. The maximum absolute atomic E-state index is 11.5. The predicted octanol–water partition coefficient (Wildman–Crippen LogP) is 5.69. The van der Waals surface area contributed by atoms with Gasteiger partial charge in [-0.1, -0.05) is 37.1 Å². The van der Waals surface area contributed by atoms with E-state index in [0.717, 1.165) is 38.5 Å². The first-order valence-corrected chi connectivity index (χ1v) is 11.5. The fraction of sp³-hybridized carbons (Fsp3) is 0.760. The second-order valence-corrected chi connectivity index (χ2v) is 10.7. The molecule has 4 rings (SSSR count). The molecule has 2 N–H and O–H groups in total. The SMILES string of the molecule is CC=C1[C@H](CC(=O)O)C[C@@H]2[C@@H]3CC=C4C[C@@H](CC(=O)O)CC[C@]4(C)[C@H]3CC[C@]12C. The molecular weight excluding hydrogens is 364 g/mol. The maximum atomic E-state index is 11.5. The van der Waals surface area contributed by atoms with Crippen LogP contribution in [0.1, 0.15) is 78.6 Å². The van der Waals surface area contributed by atoms with Crippen molar-refractivity contribution in [1.82, 2.24) is 0 Å². The second kappa shape index (κ2) is 7.28. The van der Waals surface area contributed by atoms with Gasteiger partial charge in [-0.2, -0.15) is 0 Å². The number of aliphatic carboxylic acids is 2. The van der Waals surface area contributed by atoms with Crippen LogP contribution >= 0.6 is 0 Å². The summed E-state index contributed by atoms with van der Waals surface area (Å²) in [5, 5.41) is 18.7. The van der Waals surface area contributed by atoms with Gasteiger partial charge in [-0.05, 0) is 92.3 Å². The molecule has 0 bridgehead atoms. The van der Waals surface area contributed by atoms with E-state index < -0.39 is 11.9 Å². The highest BCUT2D eigenvalue weighted by Gasteiger charge is 2.59. The second-order valence-electron chi connectivity index (χ2n) is 10.7. The van der Waals surface area contributed by atoms with Gasteiger partial charge in [0, 0.05) is 6.42 Å². The average Bonchev–Trinajstić information content (AvgIpc) is 2.92. The Hall–Kier alpha value is -1.58. The summed E-state index contributed by atoms with van der Waals surface area (Å²) in [5.41, 5.74) is 3.28. The lowest BCUT2D eigenvalue weighted by Crippen LogP contribution is -2.49. The van der Waals surface area contributed by atoms with Crippen LogP contribution in [0.3, 0.4) is 0 Å². The zero-order valence-corrected chi connectivity index (χ0v) is 18.1. The van der Waals surface area contributed by atoms with E-state index in [1.54, 1.807) is 0 Å². The van der Waals surface area contributed by atoms with Crippen molar-refractivity contribution >= 4 is 11.9 Å². The molecule has 4 aliphatic carbocycles. The van der Waals surface area contributed by atoms with Crippen LogP contribution in [-0.4, -0.2) is 22.2 Å². The van der Waals surface area contributed by atoms with Gasteiger partial charge in [-0.15, -0.1) is 0 Å². The minimum atomic E-state index is -0.678. The van der Waals surface area contributed by atoms with Crippen LogP contribution in [0.4, 0.5) is 0 Å². The Kier molecular flexibility index (Phi) is 5.19. The van der Waals surface area contributed by atoms with Gasteiger partial charge in [0.2, 0.25) is 0 Å². The Balaban J connectivity index is 1.61. The van der Waals surface area contributed by atoms with E-state index in [-0.39, 0.29) is 23.2 Å². The summed E-state index contributed by atoms with van der Waals surface area (Å²) in [7, 11) is 0. The molecule has 0 aromatic heterocycles. The molecule has 7 atom stereocenters. The molecule has 4 aliphatic rings. The number of fused-ring (bicyclic) bond motifs is 5. The van der Waals surface area contributed by atoms with Gasteiger partial charge < -0.3 is 10.2 Å². The lowest BCUT2D eigenvalue weighted by atomic mass is 9.47. The highest BCUT2D eigenvalue weighted by Crippen LogP contribution is 2.67. The number of carbonyl (C=O) groups is 2. The molecule has 0 unspecified atom stereocenters. The molecule has 0 amide bonds. The Morgan fingerprint density at radius 2 is 1.76 bits per heavy atom. The van der Waals surface area contributed by atoms with E-state index in [4.69, 9.17) is 0 Å². The van der Waals surface area contributed by atoms with E-state index in [1.165, 1.54) is 17.6 Å². The molecular formula is C25H36O4. The molecule has 0 spiro atoms. The highest BCUT2D eigenvalue weighted by molar-refractivity contribution is 5.68. The van der Waals surface area contributed by atoms with Crippen LogP contribution in [0.5, 0.6) is 0 Å². The predicted molar refractivity (Wildman–Crippen MR) is 112 cm³/mol. The number of rotatable bonds is 4. The summed E-state index contributed by atoms with van der Waals surface area (Å²) >= 11 is 0. The van der Waals surface area contributed by atoms with Crippen molar-refractivity contribution in [1.29, 1.82) is 0 Å². The fourth-order valence-corrected chi connectivity index (χ4v) is 8.14. The van der Waals surface area contributed by atoms with Crippen molar-refractivity contribution in [3.63, 3.8) is 0 Å². The molecule has 0 aromatic rings. The summed E-state index contributed by atoms with van der Waals surface area (Å²) in [6.07, 6.45) is 12.8. The van der Waals surface area contributed by atoms with Gasteiger partial charge >= 0.3 is 11.9 Å². The Morgan fingerprint density at radius 1 is 1.07 bits per heavy atom. The summed E-state index contributed by atoms with van der Waals surface area (Å²) in [6.45, 7) is 6.93. The van der Waals surface area contributed by atoms with Crippen molar-refractivity contribution < 1.29 is 19.8 Å². The quantitative estimate of drug-likeness (QED) is 0.595. The zero-order chi connectivity index (χ0) is 21.0. The lowest BCUT2D eigenvalue weighted by Gasteiger charge is -2.57. The van der Waals surface area contributed by atoms with E-state index in [1.807, 2.05) is 0 Å². The standard InChI is InChI=1S/C25H36O4/c1-4-19-16(14-23(28)29)13-21-18-6-5-17-11-15(12-22(26)27)7-9-24(17,2)20(18)8-10-25(19,21)3/h4-5,15-16,18,20-21H,6-14H2,1-3H3,(H,26,27)(H,28,29)/t15-,16-,18+,20-,21+,24-,25+/m0/s1. The molecule has 160 valence electrons. The molecule has 0 aromatic carbocycles. The van der Waals surface area contributed by atoms with Crippen molar-refractivity contribution in [2.45, 2.75) is 78.6 Å². The summed E-state index contributed by atoms with van der Waals surface area (Å²) in [6, 6.07) is 0. The molecule has 0 aliphatic heterocycles. The van der Waals surface area contributed by atoms with Gasteiger partial charge in [0.05, 0.1) is 6.42 Å². The van der Waals surface area contributed by atoms with E-state index in [9.17, 15) is 19.8 Å². The molecule has 3 saturated carbocycles. The van der Waals surface area contributed by atoms with Crippen LogP contribution in [0, 0.1) is 40.4 Å². The number of carboxylic acid groups (broad SMARTS) is 2. The minimum Gasteiger partial charge on any atom is -0.481 e. The van der Waals surface area contributed by atoms with Crippen molar-refractivity contribution in [2.75, 3.05) is 0 Å². The third kappa shape index (κ3) is 3.27. The molecule has 0 saturated heterocycles. The maximum Gasteiger partial charge on any atom is 0.303 e. The third-order valence-corrected chi connectivity index (χ3v) is 9.43. The van der Waals surface area contributed by atoms with Crippen LogP contribution in [-0.2, 0) is 9.59 Å². The first-order chi connectivity index (χ1) is 13.7. The van der Waals surface area contributed by atoms with Gasteiger partial charge in [0.25, 0.3) is 0 Å². The average molecular weight is 401 g/mol. The van der Waals surface area contributed by atoms with Crippen molar-refractivity contribution in [2.24, 2.45) is 40.4 Å². The van der Waals surface area contributed by atoms with Gasteiger partial charge in [-0.3, -0.25) is 9.59 Å². The van der Waals surface area contributed by atoms with Crippen LogP contribution in [0.2, 0.25) is 0 Å². The van der Waals surface area contributed by atoms with Gasteiger partial charge in [-0.25, -0.2) is 0 Å². The topological polar surface area (TPSA) is 74.6 Å². The number of hydrogen-bond donors (Lipinski definition) is 2. The molecule has 4 nitrogen and oxygen atoms in total. The molecule has 0 radical (unpaired) electrons. The van der Waals surface area contributed by atoms with Gasteiger partial charge in [0.1, 0.15) is 0 Å².